The summed E-state index contributed by atoms with van der Waals surface area (Å²) in [4.78, 5) is 13.5. The van der Waals surface area contributed by atoms with Gasteiger partial charge in [0, 0.05) is 23.9 Å². The molecule has 3 aromatic rings. The van der Waals surface area contributed by atoms with E-state index in [0.29, 0.717) is 13.0 Å². The molecule has 2 heterocycles. The highest BCUT2D eigenvalue weighted by atomic mass is 16.7. The van der Waals surface area contributed by atoms with E-state index in [1.54, 1.807) is 0 Å². The number of para-hydroxylation sites is 1. The Hall–Kier alpha value is -3.28. The van der Waals surface area contributed by atoms with Crippen LogP contribution >= 0.6 is 0 Å². The van der Waals surface area contributed by atoms with Crippen LogP contribution < -0.4 is 14.8 Å². The van der Waals surface area contributed by atoms with Crippen molar-refractivity contribution in [3.05, 3.63) is 71.0 Å². The first-order valence-corrected chi connectivity index (χ1v) is 13.1. The van der Waals surface area contributed by atoms with Crippen LogP contribution in [0.25, 0.3) is 0 Å². The van der Waals surface area contributed by atoms with Crippen molar-refractivity contribution in [3.63, 3.8) is 0 Å². The molecule has 1 atom stereocenters. The van der Waals surface area contributed by atoms with E-state index in [4.69, 9.17) is 9.47 Å². The molecule has 0 bridgehead atoms. The number of aromatic nitrogens is 2. The van der Waals surface area contributed by atoms with Crippen LogP contribution in [0.1, 0.15) is 88.0 Å². The Morgan fingerprint density at radius 1 is 1.17 bits per heavy atom. The second-order valence-electron chi connectivity index (χ2n) is 10.9. The van der Waals surface area contributed by atoms with Crippen molar-refractivity contribution in [1.82, 2.24) is 9.78 Å². The van der Waals surface area contributed by atoms with Gasteiger partial charge in [0.1, 0.15) is 0 Å². The first-order valence-electron chi connectivity index (χ1n) is 13.1. The van der Waals surface area contributed by atoms with Crippen molar-refractivity contribution in [2.75, 3.05) is 12.1 Å². The fourth-order valence-corrected chi connectivity index (χ4v) is 4.90. The van der Waals surface area contributed by atoms with Crippen molar-refractivity contribution >= 4 is 11.6 Å². The molecule has 0 fully saturated rings. The molecule has 36 heavy (non-hydrogen) atoms. The molecule has 1 aromatic heterocycles. The summed E-state index contributed by atoms with van der Waals surface area (Å²) in [7, 11) is 0. The number of hydrogen-bond acceptors (Lipinski definition) is 4. The maximum absolute atomic E-state index is 13.5. The van der Waals surface area contributed by atoms with Crippen molar-refractivity contribution in [3.8, 4) is 11.5 Å². The van der Waals surface area contributed by atoms with Gasteiger partial charge in [0.2, 0.25) is 12.7 Å². The molecule has 192 valence electrons. The van der Waals surface area contributed by atoms with Gasteiger partial charge < -0.3 is 14.8 Å². The molecule has 0 spiro atoms. The van der Waals surface area contributed by atoms with Crippen molar-refractivity contribution in [2.45, 2.75) is 84.6 Å². The number of carbonyl (C=O) groups excluding carboxylic acids is 1. The summed E-state index contributed by atoms with van der Waals surface area (Å²) in [5, 5.41) is 7.68. The summed E-state index contributed by atoms with van der Waals surface area (Å²) in [5.41, 5.74) is 5.19. The van der Waals surface area contributed by atoms with E-state index in [9.17, 15) is 4.79 Å². The normalized spacial score (nSPS) is 13.6. The summed E-state index contributed by atoms with van der Waals surface area (Å²) < 4.78 is 13.3. The van der Waals surface area contributed by atoms with Gasteiger partial charge in [-0.2, -0.15) is 5.10 Å². The molecule has 6 nitrogen and oxygen atoms in total. The highest BCUT2D eigenvalue weighted by Gasteiger charge is 2.26. The largest absolute Gasteiger partial charge is 0.454 e. The molecule has 1 N–H and O–H groups in total. The molecule has 0 radical (unpaired) electrons. The smallest absolute Gasteiger partial charge is 0.231 e. The second kappa shape index (κ2) is 11.2. The van der Waals surface area contributed by atoms with Gasteiger partial charge >= 0.3 is 0 Å². The number of amides is 1. The van der Waals surface area contributed by atoms with Crippen LogP contribution in [0.4, 0.5) is 5.69 Å². The molecule has 1 aliphatic heterocycles. The predicted molar refractivity (Wildman–Crippen MR) is 144 cm³/mol. The van der Waals surface area contributed by atoms with E-state index >= 15 is 0 Å². The number of nitrogens with zero attached hydrogens (tertiary/aromatic N) is 2. The van der Waals surface area contributed by atoms with Gasteiger partial charge in [-0.1, -0.05) is 71.2 Å². The minimum atomic E-state index is -0.102. The van der Waals surface area contributed by atoms with E-state index in [2.05, 4.69) is 62.4 Å². The van der Waals surface area contributed by atoms with Gasteiger partial charge in [0.25, 0.3) is 0 Å². The zero-order chi connectivity index (χ0) is 25.7. The highest BCUT2D eigenvalue weighted by molar-refractivity contribution is 5.92. The lowest BCUT2D eigenvalue weighted by Gasteiger charge is -2.25. The molecular weight excluding hydrogens is 450 g/mol. The third kappa shape index (κ3) is 6.28. The van der Waals surface area contributed by atoms with E-state index < -0.39 is 0 Å². The Kier molecular flexibility index (Phi) is 8.02. The molecule has 0 saturated heterocycles. The van der Waals surface area contributed by atoms with Crippen LogP contribution in [0.5, 0.6) is 11.5 Å². The maximum atomic E-state index is 13.5. The van der Waals surface area contributed by atoms with E-state index in [1.807, 2.05) is 36.1 Å². The molecule has 0 saturated carbocycles. The Balaban J connectivity index is 1.56. The minimum absolute atomic E-state index is 0.0191. The molecule has 6 heteroatoms. The number of fused-ring (bicyclic) bond motifs is 1. The maximum Gasteiger partial charge on any atom is 0.231 e. The number of anilines is 1. The standard InChI is InChI=1S/C30H39N3O3/c1-6-7-8-10-23(24-11-9-12-27-29(24)36-20-35-27)16-28(34)32-26-15-22(13-14-25(26)30(3,4)5)19-33-18-21(2)17-31-33/h9,11-15,17-18,23H,6-8,10,16,19-20H2,1-5H3,(H,32,34). The lowest BCUT2D eigenvalue weighted by molar-refractivity contribution is -0.116. The Morgan fingerprint density at radius 2 is 2.00 bits per heavy atom. The lowest BCUT2D eigenvalue weighted by Crippen LogP contribution is -2.21. The van der Waals surface area contributed by atoms with Gasteiger partial charge in [-0.25, -0.2) is 0 Å². The van der Waals surface area contributed by atoms with Crippen LogP contribution in [0.15, 0.2) is 48.8 Å². The summed E-state index contributed by atoms with van der Waals surface area (Å²) in [6.45, 7) is 11.6. The molecule has 1 unspecified atom stereocenters. The number of aryl methyl sites for hydroxylation is 1. The van der Waals surface area contributed by atoms with Crippen LogP contribution in [-0.2, 0) is 16.8 Å². The van der Waals surface area contributed by atoms with Crippen molar-refractivity contribution < 1.29 is 14.3 Å². The number of carbonyl (C=O) groups is 1. The number of nitrogens with one attached hydrogen (secondary N) is 1. The van der Waals surface area contributed by atoms with Gasteiger partial charge in [-0.05, 0) is 53.5 Å². The van der Waals surface area contributed by atoms with E-state index in [0.717, 1.165) is 65.1 Å². The van der Waals surface area contributed by atoms with Gasteiger partial charge in [-0.15, -0.1) is 0 Å². The number of hydrogen-bond donors (Lipinski definition) is 1. The van der Waals surface area contributed by atoms with Gasteiger partial charge in [-0.3, -0.25) is 9.48 Å². The van der Waals surface area contributed by atoms with Crippen LogP contribution in [0, 0.1) is 6.92 Å². The summed E-state index contributed by atoms with van der Waals surface area (Å²) in [6.07, 6.45) is 8.59. The fraction of sp³-hybridized carbons (Fsp3) is 0.467. The first kappa shape index (κ1) is 25.8. The van der Waals surface area contributed by atoms with Crippen LogP contribution in [0.3, 0.4) is 0 Å². The number of unbranched alkanes of at least 4 members (excludes halogenated alkanes) is 2. The summed E-state index contributed by atoms with van der Waals surface area (Å²) in [6, 6.07) is 12.4. The Labute approximate surface area is 215 Å². The SMILES string of the molecule is CCCCCC(CC(=O)Nc1cc(Cn2cc(C)cn2)ccc1C(C)(C)C)c1cccc2c1OCO2. The van der Waals surface area contributed by atoms with E-state index in [-0.39, 0.29) is 24.0 Å². The molecule has 2 aromatic carbocycles. The van der Waals surface area contributed by atoms with Gasteiger partial charge in [0.05, 0.1) is 12.7 Å². The molecular formula is C30H39N3O3. The summed E-state index contributed by atoms with van der Waals surface area (Å²) >= 11 is 0. The lowest BCUT2D eigenvalue weighted by atomic mass is 9.85. The quantitative estimate of drug-likeness (QED) is 0.313. The average molecular weight is 490 g/mol. The van der Waals surface area contributed by atoms with E-state index in [1.165, 1.54) is 0 Å². The monoisotopic (exact) mass is 489 g/mol. The zero-order valence-electron chi connectivity index (χ0n) is 22.3. The van der Waals surface area contributed by atoms with Crippen molar-refractivity contribution in [1.29, 1.82) is 0 Å². The summed E-state index contributed by atoms with van der Waals surface area (Å²) in [5.74, 6) is 1.65. The minimum Gasteiger partial charge on any atom is -0.454 e. The number of benzene rings is 2. The number of ether oxygens (including phenoxy) is 2. The van der Waals surface area contributed by atoms with Crippen LogP contribution in [-0.4, -0.2) is 22.5 Å². The second-order valence-corrected chi connectivity index (χ2v) is 10.9. The Bertz CT molecular complexity index is 1190. The Morgan fingerprint density at radius 3 is 2.72 bits per heavy atom. The molecule has 4 rings (SSSR count). The fourth-order valence-electron chi connectivity index (χ4n) is 4.90. The average Bonchev–Trinajstić information content (AvgIpc) is 3.46. The molecule has 1 amide bonds. The third-order valence-corrected chi connectivity index (χ3v) is 6.73. The topological polar surface area (TPSA) is 65.4 Å². The zero-order valence-corrected chi connectivity index (χ0v) is 22.3. The molecule has 1 aliphatic rings. The molecule has 0 aliphatic carbocycles. The highest BCUT2D eigenvalue weighted by Crippen LogP contribution is 2.42. The number of rotatable bonds is 10. The first-order chi connectivity index (χ1) is 17.2. The third-order valence-electron chi connectivity index (χ3n) is 6.73. The van der Waals surface area contributed by atoms with Crippen LogP contribution in [0.2, 0.25) is 0 Å². The van der Waals surface area contributed by atoms with Crippen molar-refractivity contribution in [2.24, 2.45) is 0 Å². The predicted octanol–water partition coefficient (Wildman–Crippen LogP) is 6.96. The van der Waals surface area contributed by atoms with Gasteiger partial charge in [0.15, 0.2) is 11.5 Å².